The Kier molecular flexibility index (Phi) is 5.47. The van der Waals surface area contributed by atoms with Crippen LogP contribution in [0.4, 0.5) is 10.5 Å². The fourth-order valence-electron chi connectivity index (χ4n) is 2.35. The zero-order valence-corrected chi connectivity index (χ0v) is 14.9. The SMILES string of the molecule is C[C@@H](C(=O)O)N(C(=O)OC(C)(C)C)c1ccc(-c2ccccc2)cc1. The van der Waals surface area contributed by atoms with Gasteiger partial charge >= 0.3 is 12.1 Å². The minimum Gasteiger partial charge on any atom is -0.480 e. The third kappa shape index (κ3) is 4.83. The molecule has 0 fully saturated rings. The van der Waals surface area contributed by atoms with E-state index in [0.29, 0.717) is 5.69 Å². The number of hydrogen-bond acceptors (Lipinski definition) is 3. The highest BCUT2D eigenvalue weighted by Crippen LogP contribution is 2.25. The fraction of sp³-hybridized carbons (Fsp3) is 0.300. The lowest BCUT2D eigenvalue weighted by atomic mass is 10.1. The third-order valence-electron chi connectivity index (χ3n) is 3.59. The van der Waals surface area contributed by atoms with Crippen molar-refractivity contribution in [1.29, 1.82) is 0 Å². The Hall–Kier alpha value is -2.82. The molecule has 0 radical (unpaired) electrons. The van der Waals surface area contributed by atoms with Crippen molar-refractivity contribution in [2.24, 2.45) is 0 Å². The molecule has 5 heteroatoms. The number of carbonyl (C=O) groups excluding carboxylic acids is 1. The number of carboxylic acids is 1. The molecule has 0 aliphatic heterocycles. The molecule has 0 aliphatic carbocycles. The second-order valence-corrected chi connectivity index (χ2v) is 6.78. The summed E-state index contributed by atoms with van der Waals surface area (Å²) in [5, 5.41) is 9.34. The lowest BCUT2D eigenvalue weighted by molar-refractivity contribution is -0.138. The Balaban J connectivity index is 2.34. The van der Waals surface area contributed by atoms with Crippen molar-refractivity contribution in [3.8, 4) is 11.1 Å². The molecule has 0 aromatic heterocycles. The number of ether oxygens (including phenoxy) is 1. The molecule has 132 valence electrons. The summed E-state index contributed by atoms with van der Waals surface area (Å²) in [4.78, 5) is 25.1. The molecule has 1 N–H and O–H groups in total. The third-order valence-corrected chi connectivity index (χ3v) is 3.59. The first-order chi connectivity index (χ1) is 11.7. The van der Waals surface area contributed by atoms with E-state index < -0.39 is 23.7 Å². The van der Waals surface area contributed by atoms with Crippen molar-refractivity contribution in [3.63, 3.8) is 0 Å². The summed E-state index contributed by atoms with van der Waals surface area (Å²) in [5.74, 6) is -1.10. The summed E-state index contributed by atoms with van der Waals surface area (Å²) in [5.41, 5.74) is 1.79. The molecule has 25 heavy (non-hydrogen) atoms. The van der Waals surface area contributed by atoms with E-state index in [2.05, 4.69) is 0 Å². The van der Waals surface area contributed by atoms with Gasteiger partial charge in [-0.25, -0.2) is 9.59 Å². The number of nitrogens with zero attached hydrogens (tertiary/aromatic N) is 1. The summed E-state index contributed by atoms with van der Waals surface area (Å²) in [6.07, 6.45) is -0.685. The van der Waals surface area contributed by atoms with Crippen LogP contribution in [0.5, 0.6) is 0 Å². The van der Waals surface area contributed by atoms with Crippen molar-refractivity contribution in [2.45, 2.75) is 39.3 Å². The highest BCUT2D eigenvalue weighted by atomic mass is 16.6. The van der Waals surface area contributed by atoms with Gasteiger partial charge in [0.1, 0.15) is 11.6 Å². The number of aliphatic carboxylic acids is 1. The average Bonchev–Trinajstić information content (AvgIpc) is 2.54. The molecule has 0 spiro atoms. The monoisotopic (exact) mass is 341 g/mol. The van der Waals surface area contributed by atoms with Crippen LogP contribution >= 0.6 is 0 Å². The van der Waals surface area contributed by atoms with Gasteiger partial charge in [0, 0.05) is 5.69 Å². The number of anilines is 1. The summed E-state index contributed by atoms with van der Waals surface area (Å²) in [7, 11) is 0. The molecule has 0 heterocycles. The first-order valence-corrected chi connectivity index (χ1v) is 8.09. The fourth-order valence-corrected chi connectivity index (χ4v) is 2.35. The maximum Gasteiger partial charge on any atom is 0.415 e. The maximum atomic E-state index is 12.5. The van der Waals surface area contributed by atoms with Gasteiger partial charge in [-0.3, -0.25) is 4.90 Å². The van der Waals surface area contributed by atoms with Crippen molar-refractivity contribution in [2.75, 3.05) is 4.90 Å². The molecule has 0 saturated heterocycles. The normalized spacial score (nSPS) is 12.3. The van der Waals surface area contributed by atoms with Gasteiger partial charge in [-0.1, -0.05) is 42.5 Å². The van der Waals surface area contributed by atoms with Crippen LogP contribution in [-0.2, 0) is 9.53 Å². The quantitative estimate of drug-likeness (QED) is 0.885. The minimum atomic E-state index is -1.10. The number of carboxylic acid groups (broad SMARTS) is 1. The topological polar surface area (TPSA) is 66.8 Å². The number of amides is 1. The van der Waals surface area contributed by atoms with E-state index in [9.17, 15) is 14.7 Å². The summed E-state index contributed by atoms with van der Waals surface area (Å²) >= 11 is 0. The Labute approximate surface area is 147 Å². The molecule has 2 rings (SSSR count). The Bertz CT molecular complexity index is 733. The zero-order chi connectivity index (χ0) is 18.6. The molecule has 0 bridgehead atoms. The van der Waals surface area contributed by atoms with Gasteiger partial charge in [-0.15, -0.1) is 0 Å². The highest BCUT2D eigenvalue weighted by molar-refractivity contribution is 5.95. The minimum absolute atomic E-state index is 0.476. The van der Waals surface area contributed by atoms with Crippen LogP contribution in [0.1, 0.15) is 27.7 Å². The van der Waals surface area contributed by atoms with Gasteiger partial charge in [0.05, 0.1) is 0 Å². The predicted molar refractivity (Wildman–Crippen MR) is 97.7 cm³/mol. The van der Waals surface area contributed by atoms with Crippen LogP contribution in [-0.4, -0.2) is 28.8 Å². The van der Waals surface area contributed by atoms with Crippen molar-refractivity contribution >= 4 is 17.7 Å². The van der Waals surface area contributed by atoms with Crippen LogP contribution in [0.25, 0.3) is 11.1 Å². The van der Waals surface area contributed by atoms with Gasteiger partial charge in [0.15, 0.2) is 0 Å². The molecule has 1 atom stereocenters. The second kappa shape index (κ2) is 7.38. The van der Waals surface area contributed by atoms with Crippen LogP contribution in [0.15, 0.2) is 54.6 Å². The maximum absolute atomic E-state index is 12.5. The Morgan fingerprint density at radius 3 is 1.96 bits per heavy atom. The van der Waals surface area contributed by atoms with E-state index in [4.69, 9.17) is 4.74 Å². The van der Waals surface area contributed by atoms with Gasteiger partial charge < -0.3 is 9.84 Å². The number of hydrogen-bond donors (Lipinski definition) is 1. The summed E-state index contributed by atoms with van der Waals surface area (Å²) in [6, 6.07) is 15.9. The van der Waals surface area contributed by atoms with E-state index in [1.807, 2.05) is 42.5 Å². The Morgan fingerprint density at radius 2 is 1.48 bits per heavy atom. The van der Waals surface area contributed by atoms with Gasteiger partial charge in [-0.2, -0.15) is 0 Å². The number of benzene rings is 2. The molecule has 1 amide bonds. The van der Waals surface area contributed by atoms with E-state index in [-0.39, 0.29) is 0 Å². The first-order valence-electron chi connectivity index (χ1n) is 8.09. The standard InChI is InChI=1S/C20H23NO4/c1-14(18(22)23)21(19(24)25-20(2,3)4)17-12-10-16(11-13-17)15-8-6-5-7-9-15/h5-14H,1-4H3,(H,22,23)/t14-/m0/s1. The predicted octanol–water partition coefficient (Wildman–Crippen LogP) is 4.57. The van der Waals surface area contributed by atoms with Crippen LogP contribution in [0.3, 0.4) is 0 Å². The highest BCUT2D eigenvalue weighted by Gasteiger charge is 2.31. The zero-order valence-electron chi connectivity index (χ0n) is 14.9. The molecule has 5 nitrogen and oxygen atoms in total. The van der Waals surface area contributed by atoms with Crippen LogP contribution in [0, 0.1) is 0 Å². The first kappa shape index (κ1) is 18.5. The molecule has 2 aromatic carbocycles. The van der Waals surface area contributed by atoms with Crippen molar-refractivity contribution in [3.05, 3.63) is 54.6 Å². The summed E-state index contributed by atoms with van der Waals surface area (Å²) < 4.78 is 5.36. The van der Waals surface area contributed by atoms with E-state index >= 15 is 0 Å². The lowest BCUT2D eigenvalue weighted by Gasteiger charge is -2.30. The van der Waals surface area contributed by atoms with Gasteiger partial charge in [-0.05, 0) is 51.0 Å². The van der Waals surface area contributed by atoms with E-state index in [1.54, 1.807) is 32.9 Å². The number of rotatable bonds is 4. The van der Waals surface area contributed by atoms with Crippen molar-refractivity contribution in [1.82, 2.24) is 0 Å². The molecular weight excluding hydrogens is 318 g/mol. The average molecular weight is 341 g/mol. The smallest absolute Gasteiger partial charge is 0.415 e. The molecule has 0 saturated carbocycles. The Morgan fingerprint density at radius 1 is 0.960 bits per heavy atom. The number of carbonyl (C=O) groups is 2. The van der Waals surface area contributed by atoms with Gasteiger partial charge in [0.25, 0.3) is 0 Å². The van der Waals surface area contributed by atoms with E-state index in [0.717, 1.165) is 16.0 Å². The molecule has 2 aromatic rings. The van der Waals surface area contributed by atoms with E-state index in [1.165, 1.54) is 6.92 Å². The molecular formula is C20H23NO4. The van der Waals surface area contributed by atoms with Gasteiger partial charge in [0.2, 0.25) is 0 Å². The summed E-state index contributed by atoms with van der Waals surface area (Å²) in [6.45, 7) is 6.68. The van der Waals surface area contributed by atoms with Crippen LogP contribution < -0.4 is 4.90 Å². The molecule has 0 aliphatic rings. The molecule has 0 unspecified atom stereocenters. The lowest BCUT2D eigenvalue weighted by Crippen LogP contribution is -2.46. The second-order valence-electron chi connectivity index (χ2n) is 6.78. The van der Waals surface area contributed by atoms with Crippen LogP contribution in [0.2, 0.25) is 0 Å². The largest absolute Gasteiger partial charge is 0.480 e. The van der Waals surface area contributed by atoms with Crippen molar-refractivity contribution < 1.29 is 19.4 Å².